The number of benzene rings is 4. The Bertz CT molecular complexity index is 3800. The van der Waals surface area contributed by atoms with E-state index < -0.39 is 46.5 Å². The van der Waals surface area contributed by atoms with Gasteiger partial charge in [0.1, 0.15) is 34.3 Å². The van der Waals surface area contributed by atoms with Crippen molar-refractivity contribution in [3.8, 4) is 28.8 Å². The van der Waals surface area contributed by atoms with E-state index in [1.165, 1.54) is 24.0 Å². The van der Waals surface area contributed by atoms with Crippen LogP contribution < -0.4 is 34.2 Å². The first-order valence-electron chi connectivity index (χ1n) is 33.1. The summed E-state index contributed by atoms with van der Waals surface area (Å²) in [6, 6.07) is 21.1. The van der Waals surface area contributed by atoms with Crippen molar-refractivity contribution in [3.05, 3.63) is 123 Å². The summed E-state index contributed by atoms with van der Waals surface area (Å²) < 4.78 is 94.7. The summed E-state index contributed by atoms with van der Waals surface area (Å²) in [6.45, 7) is 13.2. The van der Waals surface area contributed by atoms with E-state index in [1.807, 2.05) is 59.7 Å². The molecule has 0 spiro atoms. The van der Waals surface area contributed by atoms with Gasteiger partial charge in [-0.3, -0.25) is 24.7 Å². The van der Waals surface area contributed by atoms with Gasteiger partial charge in [0.15, 0.2) is 5.82 Å². The van der Waals surface area contributed by atoms with Gasteiger partial charge in [0.25, 0.3) is 5.91 Å². The Hall–Kier alpha value is -7.73. The molecular weight excluding hydrogens is 1280 g/mol. The van der Waals surface area contributed by atoms with Gasteiger partial charge in [-0.2, -0.15) is 23.1 Å². The van der Waals surface area contributed by atoms with Crippen molar-refractivity contribution in [2.45, 2.75) is 129 Å². The molecule has 512 valence electrons. The highest BCUT2D eigenvalue weighted by Gasteiger charge is 2.48. The average molecular weight is 1370 g/mol. The van der Waals surface area contributed by atoms with Crippen LogP contribution in [0.25, 0.3) is 22.2 Å². The Morgan fingerprint density at radius 2 is 1.41 bits per heavy atom. The summed E-state index contributed by atoms with van der Waals surface area (Å²) >= 11 is 13.6. The van der Waals surface area contributed by atoms with E-state index in [-0.39, 0.29) is 101 Å². The van der Waals surface area contributed by atoms with E-state index in [0.717, 1.165) is 75.7 Å². The van der Waals surface area contributed by atoms with Crippen LogP contribution in [0.3, 0.4) is 0 Å². The number of nitrogens with one attached hydrogen (secondary N) is 1. The number of alkyl halides is 3. The topological polar surface area (TPSA) is 185 Å². The number of likely N-dealkylation sites (tertiary alicyclic amines) is 2. The second kappa shape index (κ2) is 28.4. The molecule has 2 unspecified atom stereocenters. The Morgan fingerprint density at radius 1 is 0.771 bits per heavy atom. The minimum Gasteiger partial charge on any atom is -0.497 e. The molecule has 6 aromatic rings. The van der Waals surface area contributed by atoms with E-state index in [1.54, 1.807) is 61.6 Å². The number of pyridine rings is 1. The largest absolute Gasteiger partial charge is 0.497 e. The van der Waals surface area contributed by atoms with E-state index >= 15 is 17.6 Å². The highest BCUT2D eigenvalue weighted by Crippen LogP contribution is 2.49. The van der Waals surface area contributed by atoms with Crippen LogP contribution in [0.5, 0.6) is 17.5 Å². The number of aryl methyl sites for hydroxylation is 1. The summed E-state index contributed by atoms with van der Waals surface area (Å²) in [5, 5.41) is 2.47. The molecular formula is C71H82Cl2F4N10O9. The first-order chi connectivity index (χ1) is 45.9. The molecule has 0 radical (unpaired) electrons. The number of hydrogen-bond donors (Lipinski definition) is 1. The average Bonchev–Trinajstić information content (AvgIpc) is 0.852. The van der Waals surface area contributed by atoms with Gasteiger partial charge in [-0.1, -0.05) is 47.5 Å². The molecule has 2 aromatic heterocycles. The maximum Gasteiger partial charge on any atom is 0.418 e. The lowest BCUT2D eigenvalue weighted by Gasteiger charge is -2.42. The highest BCUT2D eigenvalue weighted by atomic mass is 35.5. The molecule has 25 heteroatoms. The van der Waals surface area contributed by atoms with Gasteiger partial charge in [0.2, 0.25) is 5.91 Å². The first-order valence-corrected chi connectivity index (χ1v) is 33.9. The number of fused-ring (bicyclic) bond motifs is 3. The summed E-state index contributed by atoms with van der Waals surface area (Å²) in [6.07, 6.45) is 2.46. The van der Waals surface area contributed by atoms with Gasteiger partial charge in [-0.25, -0.2) is 19.0 Å². The Morgan fingerprint density at radius 3 is 2.00 bits per heavy atom. The normalized spacial score (nSPS) is 19.4. The third kappa shape index (κ3) is 15.5. The Labute approximate surface area is 566 Å². The molecule has 5 amide bonds. The Balaban J connectivity index is 0.733. The highest BCUT2D eigenvalue weighted by molar-refractivity contribution is 6.35. The molecule has 7 heterocycles. The molecule has 19 nitrogen and oxygen atoms in total. The first kappa shape index (κ1) is 68.2. The maximum atomic E-state index is 18.3. The zero-order valence-corrected chi connectivity index (χ0v) is 56.6. The maximum absolute atomic E-state index is 18.3. The molecule has 96 heavy (non-hydrogen) atoms. The number of anilines is 3. The van der Waals surface area contributed by atoms with Crippen molar-refractivity contribution in [1.82, 2.24) is 35.0 Å². The van der Waals surface area contributed by atoms with Crippen LogP contribution in [0.4, 0.5) is 44.5 Å². The smallest absolute Gasteiger partial charge is 0.418 e. The van der Waals surface area contributed by atoms with Crippen LogP contribution in [-0.4, -0.2) is 158 Å². The van der Waals surface area contributed by atoms with Crippen LogP contribution >= 0.6 is 23.2 Å². The third-order valence-electron chi connectivity index (χ3n) is 19.5. The number of amides is 5. The number of urea groups is 1. The third-order valence-corrected chi connectivity index (χ3v) is 20.2. The minimum absolute atomic E-state index is 0.131. The predicted octanol–water partition coefficient (Wildman–Crippen LogP) is 13.6. The number of imide groups is 1. The number of aromatic nitrogens is 3. The molecule has 1 saturated carbocycles. The quantitative estimate of drug-likeness (QED) is 0.0530. The van der Waals surface area contributed by atoms with E-state index in [9.17, 15) is 19.2 Å². The number of methoxy groups -OCH3 is 2. The van der Waals surface area contributed by atoms with Crippen LogP contribution in [0.1, 0.15) is 118 Å². The van der Waals surface area contributed by atoms with Crippen molar-refractivity contribution in [2.75, 3.05) is 101 Å². The molecule has 5 aliphatic heterocycles. The number of ether oxygens (including phenoxy) is 5. The molecule has 5 saturated heterocycles. The number of halogens is 6. The predicted molar refractivity (Wildman–Crippen MR) is 358 cm³/mol. The van der Waals surface area contributed by atoms with Gasteiger partial charge in [0, 0.05) is 88.4 Å². The zero-order chi connectivity index (χ0) is 67.8. The second-order valence-corrected chi connectivity index (χ2v) is 28.4. The molecule has 12 rings (SSSR count). The zero-order valence-electron chi connectivity index (χ0n) is 55.0. The van der Waals surface area contributed by atoms with Crippen LogP contribution in [0.2, 0.25) is 10.0 Å². The minimum atomic E-state index is -4.99. The van der Waals surface area contributed by atoms with Gasteiger partial charge in [0.05, 0.1) is 65.5 Å². The second-order valence-electron chi connectivity index (χ2n) is 27.6. The Kier molecular flexibility index (Phi) is 20.2. The van der Waals surface area contributed by atoms with Crippen molar-refractivity contribution in [2.24, 2.45) is 17.3 Å². The standard InChI is InChI=1S/C71H82Cl2F4N10O9/c1-43-33-57(84(36-45-7-14-51(92-5)15-8-45)37-46-9-16-52(93-6)17-10-46)78-63(60(43)71(75,76)77)59-55(73)35-53-62(61(59)74)80-66(81-64(53)85-38-49-12-13-50(39-85)87(49)68(91)96-69(2,3)4)95-42-70(25-26-70)41-82-27-19-44(20-28-82)24-32-94-40-47-21-29-83(30-22-47)65(89)48-11-18-54(72)56(34-48)86-31-23-58(88)79-67(86)90/h7-11,14-18,33-35,44,47,49-50H,12-13,19-32,36-42H2,1-6H3,(H,79,88,90). The van der Waals surface area contributed by atoms with Gasteiger partial charge in [-0.15, -0.1) is 0 Å². The van der Waals surface area contributed by atoms with Crippen LogP contribution in [0, 0.1) is 30.0 Å². The molecule has 2 bridgehead atoms. The fourth-order valence-corrected chi connectivity index (χ4v) is 14.6. The molecule has 4 aromatic carbocycles. The lowest BCUT2D eigenvalue weighted by molar-refractivity contribution is -0.137. The monoisotopic (exact) mass is 1360 g/mol. The number of piperidine rings is 2. The van der Waals surface area contributed by atoms with Crippen molar-refractivity contribution in [3.63, 3.8) is 0 Å². The fraction of sp³-hybridized carbons (Fsp3) is 0.507. The van der Waals surface area contributed by atoms with Gasteiger partial charge >= 0.3 is 24.3 Å². The van der Waals surface area contributed by atoms with Gasteiger partial charge < -0.3 is 43.3 Å². The summed E-state index contributed by atoms with van der Waals surface area (Å²) in [5.74, 6) is 0.912. The number of hydrogen-bond acceptors (Lipinski definition) is 15. The SMILES string of the molecule is COc1ccc(CN(Cc2ccc(OC)cc2)c2cc(C)c(C(F)(F)F)c(-c3c(Cl)cc4c(N5CC6CCC(C5)N6C(=O)OC(C)(C)C)nc(OCC5(CN6CCC(CCOCC7CCN(C(=O)c8ccc(Cl)c(N9CCC(=O)NC9=O)c8)CC7)CC6)CC5)nc4c3F)n2)cc1. The lowest BCUT2D eigenvalue weighted by Crippen LogP contribution is -2.57. The number of rotatable bonds is 21. The molecule has 1 aliphatic carbocycles. The van der Waals surface area contributed by atoms with E-state index in [0.29, 0.717) is 91.8 Å². The van der Waals surface area contributed by atoms with Crippen LogP contribution in [0.15, 0.2) is 78.9 Å². The van der Waals surface area contributed by atoms with Crippen LogP contribution in [-0.2, 0) is 33.5 Å². The van der Waals surface area contributed by atoms with Crippen molar-refractivity contribution in [1.29, 1.82) is 0 Å². The molecule has 6 aliphatic rings. The molecule has 6 fully saturated rings. The van der Waals surface area contributed by atoms with E-state index in [4.69, 9.17) is 61.8 Å². The summed E-state index contributed by atoms with van der Waals surface area (Å²) in [7, 11) is 3.12. The van der Waals surface area contributed by atoms with Crippen molar-refractivity contribution < 1.29 is 60.4 Å². The summed E-state index contributed by atoms with van der Waals surface area (Å²) in [4.78, 5) is 77.2. The number of carbonyl (C=O) groups excluding carboxylic acids is 4. The number of piperazine rings is 1. The van der Waals surface area contributed by atoms with Crippen molar-refractivity contribution >= 4 is 75.4 Å². The molecule has 1 N–H and O–H groups in total. The number of nitrogens with zero attached hydrogens (tertiary/aromatic N) is 9. The van der Waals surface area contributed by atoms with Gasteiger partial charge in [-0.05, 0) is 182 Å². The molecule has 2 atom stereocenters. The van der Waals surface area contributed by atoms with E-state index in [2.05, 4.69) is 10.2 Å². The lowest BCUT2D eigenvalue weighted by atomic mass is 9.93. The fourth-order valence-electron chi connectivity index (χ4n) is 14.1. The number of carbonyl (C=O) groups is 4. The summed E-state index contributed by atoms with van der Waals surface area (Å²) in [5.41, 5.74) is -1.38.